The van der Waals surface area contributed by atoms with Crippen LogP contribution in [0.1, 0.15) is 28.5 Å². The van der Waals surface area contributed by atoms with Crippen LogP contribution in [-0.4, -0.2) is 27.9 Å². The Kier molecular flexibility index (Phi) is 5.82. The number of pyridine rings is 2. The van der Waals surface area contributed by atoms with E-state index in [1.807, 2.05) is 25.1 Å². The summed E-state index contributed by atoms with van der Waals surface area (Å²) in [7, 11) is 0. The number of carbonyl (C=O) groups is 2. The van der Waals surface area contributed by atoms with E-state index in [2.05, 4.69) is 15.3 Å². The topological polar surface area (TPSA) is 81.2 Å². The molecule has 0 aliphatic carbocycles. The number of esters is 1. The monoisotopic (exact) mass is 417 g/mol. The summed E-state index contributed by atoms with van der Waals surface area (Å²) in [5.41, 5.74) is 2.71. The predicted molar refractivity (Wildman–Crippen MR) is 109 cm³/mol. The summed E-state index contributed by atoms with van der Waals surface area (Å²) in [5.74, 6) is -1.03. The summed E-state index contributed by atoms with van der Waals surface area (Å²) in [4.78, 5) is 33.5. The maximum atomic E-state index is 12.7. The van der Waals surface area contributed by atoms with Crippen molar-refractivity contribution in [2.45, 2.75) is 26.9 Å². The van der Waals surface area contributed by atoms with Crippen LogP contribution in [0.15, 0.2) is 36.5 Å². The number of nitrogens with one attached hydrogen (secondary N) is 1. The van der Waals surface area contributed by atoms with Crippen molar-refractivity contribution in [2.75, 3.05) is 5.32 Å². The second-order valence-electron chi connectivity index (χ2n) is 6.35. The number of hydrogen-bond acceptors (Lipinski definition) is 5. The van der Waals surface area contributed by atoms with Gasteiger partial charge in [-0.1, -0.05) is 34.8 Å². The highest BCUT2D eigenvalue weighted by Gasteiger charge is 2.22. The average molecular weight is 418 g/mol. The molecule has 0 saturated heterocycles. The smallest absolute Gasteiger partial charge is 0.339 e. The molecule has 1 atom stereocenters. The third-order valence-electron chi connectivity index (χ3n) is 4.01. The predicted octanol–water partition coefficient (Wildman–Crippen LogP) is 4.74. The molecular formula is C20H17Cl2N3O3. The summed E-state index contributed by atoms with van der Waals surface area (Å²) >= 11 is 11.8. The van der Waals surface area contributed by atoms with E-state index in [4.69, 9.17) is 27.9 Å². The number of amides is 1. The molecule has 144 valence electrons. The SMILES string of the molecule is Cc1ccc2nc(C)cc(C(=O)OC(C)C(=O)Nc3ncc(Cl)cc3Cl)c2c1. The molecule has 1 unspecified atom stereocenters. The largest absolute Gasteiger partial charge is 0.449 e. The van der Waals surface area contributed by atoms with Gasteiger partial charge in [0.2, 0.25) is 0 Å². The Labute approximate surface area is 171 Å². The van der Waals surface area contributed by atoms with Crippen LogP contribution in [0.2, 0.25) is 10.0 Å². The molecule has 0 radical (unpaired) electrons. The number of nitrogens with zero attached hydrogens (tertiary/aromatic N) is 2. The van der Waals surface area contributed by atoms with Crippen LogP contribution in [0.5, 0.6) is 0 Å². The van der Waals surface area contributed by atoms with Crippen molar-refractivity contribution in [2.24, 2.45) is 0 Å². The highest BCUT2D eigenvalue weighted by Crippen LogP contribution is 2.24. The van der Waals surface area contributed by atoms with E-state index < -0.39 is 18.0 Å². The van der Waals surface area contributed by atoms with Gasteiger partial charge >= 0.3 is 5.97 Å². The Bertz CT molecular complexity index is 1090. The first-order chi connectivity index (χ1) is 13.2. The molecule has 1 aromatic carbocycles. The molecule has 3 aromatic rings. The first-order valence-electron chi connectivity index (χ1n) is 8.45. The second-order valence-corrected chi connectivity index (χ2v) is 7.20. The quantitative estimate of drug-likeness (QED) is 0.620. The number of benzene rings is 1. The molecule has 6 nitrogen and oxygen atoms in total. The summed E-state index contributed by atoms with van der Waals surface area (Å²) in [5, 5.41) is 3.72. The standard InChI is InChI=1S/C20H17Cl2N3O3/c1-10-4-5-17-14(6-10)15(7-11(2)24-17)20(27)28-12(3)19(26)25-18-16(22)8-13(21)9-23-18/h4-9,12H,1-3H3,(H,23,25,26). The molecule has 28 heavy (non-hydrogen) atoms. The van der Waals surface area contributed by atoms with Crippen LogP contribution in [0.4, 0.5) is 5.82 Å². The Hall–Kier alpha value is -2.70. The zero-order valence-electron chi connectivity index (χ0n) is 15.4. The molecule has 8 heteroatoms. The van der Waals surface area contributed by atoms with Crippen LogP contribution in [0.25, 0.3) is 10.9 Å². The summed E-state index contributed by atoms with van der Waals surface area (Å²) < 4.78 is 5.36. The Balaban J connectivity index is 1.79. The molecule has 1 N–H and O–H groups in total. The van der Waals surface area contributed by atoms with Crippen molar-refractivity contribution >= 4 is 51.8 Å². The lowest BCUT2D eigenvalue weighted by molar-refractivity contribution is -0.123. The second kappa shape index (κ2) is 8.12. The Morgan fingerprint density at radius 1 is 1.14 bits per heavy atom. The number of ether oxygens (including phenoxy) is 1. The van der Waals surface area contributed by atoms with Crippen LogP contribution >= 0.6 is 23.2 Å². The van der Waals surface area contributed by atoms with Gasteiger partial charge in [0.05, 0.1) is 21.1 Å². The van der Waals surface area contributed by atoms with Gasteiger partial charge in [-0.25, -0.2) is 9.78 Å². The van der Waals surface area contributed by atoms with Gasteiger partial charge in [-0.3, -0.25) is 9.78 Å². The van der Waals surface area contributed by atoms with Gasteiger partial charge in [0, 0.05) is 17.3 Å². The molecule has 0 aliphatic rings. The number of fused-ring (bicyclic) bond motifs is 1. The van der Waals surface area contributed by atoms with Crippen molar-refractivity contribution in [1.82, 2.24) is 9.97 Å². The average Bonchev–Trinajstić information content (AvgIpc) is 2.63. The zero-order chi connectivity index (χ0) is 20.4. The summed E-state index contributed by atoms with van der Waals surface area (Å²) in [6.45, 7) is 5.19. The normalized spacial score (nSPS) is 11.9. The molecular weight excluding hydrogens is 401 g/mol. The van der Waals surface area contributed by atoms with Gasteiger partial charge < -0.3 is 10.1 Å². The van der Waals surface area contributed by atoms with Crippen LogP contribution in [0.3, 0.4) is 0 Å². The molecule has 0 saturated carbocycles. The highest BCUT2D eigenvalue weighted by atomic mass is 35.5. The third kappa shape index (κ3) is 4.40. The Morgan fingerprint density at radius 3 is 2.61 bits per heavy atom. The molecule has 0 fully saturated rings. The van der Waals surface area contributed by atoms with E-state index >= 15 is 0 Å². The minimum absolute atomic E-state index is 0.139. The maximum Gasteiger partial charge on any atom is 0.339 e. The lowest BCUT2D eigenvalue weighted by Crippen LogP contribution is -2.30. The number of halogens is 2. The number of rotatable bonds is 4. The fourth-order valence-corrected chi connectivity index (χ4v) is 3.07. The molecule has 2 heterocycles. The number of carbonyl (C=O) groups excluding carboxylic acids is 2. The van der Waals surface area contributed by atoms with E-state index in [9.17, 15) is 9.59 Å². The zero-order valence-corrected chi connectivity index (χ0v) is 16.9. The molecule has 0 aliphatic heterocycles. The summed E-state index contributed by atoms with van der Waals surface area (Å²) in [6, 6.07) is 8.73. The number of aromatic nitrogens is 2. The molecule has 2 aromatic heterocycles. The van der Waals surface area contributed by atoms with Gasteiger partial charge in [-0.05, 0) is 45.0 Å². The van der Waals surface area contributed by atoms with Crippen molar-refractivity contribution in [3.05, 3.63) is 63.4 Å². The minimum Gasteiger partial charge on any atom is -0.449 e. The lowest BCUT2D eigenvalue weighted by Gasteiger charge is -2.15. The van der Waals surface area contributed by atoms with Gasteiger partial charge in [0.1, 0.15) is 0 Å². The molecule has 0 spiro atoms. The van der Waals surface area contributed by atoms with E-state index in [1.54, 1.807) is 13.0 Å². The Morgan fingerprint density at radius 2 is 1.89 bits per heavy atom. The number of aryl methyl sites for hydroxylation is 2. The minimum atomic E-state index is -1.06. The van der Waals surface area contributed by atoms with Crippen molar-refractivity contribution in [3.8, 4) is 0 Å². The summed E-state index contributed by atoms with van der Waals surface area (Å²) in [6.07, 6.45) is 0.294. The van der Waals surface area contributed by atoms with Crippen LogP contribution < -0.4 is 5.32 Å². The molecule has 1 amide bonds. The third-order valence-corrected chi connectivity index (χ3v) is 4.51. The fourth-order valence-electron chi connectivity index (χ4n) is 2.64. The van der Waals surface area contributed by atoms with E-state index in [1.165, 1.54) is 19.2 Å². The molecule has 3 rings (SSSR count). The van der Waals surface area contributed by atoms with E-state index in [0.29, 0.717) is 27.2 Å². The number of anilines is 1. The first-order valence-corrected chi connectivity index (χ1v) is 9.21. The van der Waals surface area contributed by atoms with Gasteiger partial charge in [0.15, 0.2) is 11.9 Å². The van der Waals surface area contributed by atoms with Crippen molar-refractivity contribution in [1.29, 1.82) is 0 Å². The van der Waals surface area contributed by atoms with Gasteiger partial charge in [0.25, 0.3) is 5.91 Å². The maximum absolute atomic E-state index is 12.7. The van der Waals surface area contributed by atoms with E-state index in [-0.39, 0.29) is 10.8 Å². The van der Waals surface area contributed by atoms with E-state index in [0.717, 1.165) is 5.56 Å². The van der Waals surface area contributed by atoms with Crippen molar-refractivity contribution < 1.29 is 14.3 Å². The van der Waals surface area contributed by atoms with Gasteiger partial charge in [-0.2, -0.15) is 0 Å². The highest BCUT2D eigenvalue weighted by molar-refractivity contribution is 6.36. The van der Waals surface area contributed by atoms with Gasteiger partial charge in [-0.15, -0.1) is 0 Å². The van der Waals surface area contributed by atoms with Crippen LogP contribution in [-0.2, 0) is 9.53 Å². The van der Waals surface area contributed by atoms with Crippen molar-refractivity contribution in [3.63, 3.8) is 0 Å². The lowest BCUT2D eigenvalue weighted by atomic mass is 10.1. The molecule has 0 bridgehead atoms. The number of hydrogen-bond donors (Lipinski definition) is 1. The fraction of sp³-hybridized carbons (Fsp3) is 0.200. The first kappa shape index (κ1) is 20.0. The van der Waals surface area contributed by atoms with Crippen LogP contribution in [0, 0.1) is 13.8 Å².